The van der Waals surface area contributed by atoms with E-state index in [0.717, 1.165) is 0 Å². The van der Waals surface area contributed by atoms with Crippen molar-refractivity contribution in [2.24, 2.45) is 22.9 Å². The molecule has 0 aliphatic carbocycles. The van der Waals surface area contributed by atoms with Gasteiger partial charge in [0.25, 0.3) is 0 Å². The van der Waals surface area contributed by atoms with Gasteiger partial charge in [-0.1, -0.05) is 19.9 Å². The lowest BCUT2D eigenvalue weighted by Crippen LogP contribution is -2.28. The van der Waals surface area contributed by atoms with Crippen molar-refractivity contribution >= 4 is 34.5 Å². The summed E-state index contributed by atoms with van der Waals surface area (Å²) < 4.78 is 0. The van der Waals surface area contributed by atoms with Crippen LogP contribution in [0.5, 0.6) is 0 Å². The Kier molecular flexibility index (Phi) is 8.77. The summed E-state index contributed by atoms with van der Waals surface area (Å²) in [6.07, 6.45) is 0.628. The van der Waals surface area contributed by atoms with E-state index < -0.39 is 42.8 Å². The smallest absolute Gasteiger partial charge is 0.179 e. The number of nitrogens with two attached hydrogens (primary N) is 6. The first-order chi connectivity index (χ1) is 16.1. The maximum atomic E-state index is 13.2. The van der Waals surface area contributed by atoms with Gasteiger partial charge in [-0.15, -0.1) is 0 Å². The number of benzene rings is 2. The van der Waals surface area contributed by atoms with Crippen molar-refractivity contribution < 1.29 is 19.2 Å². The van der Waals surface area contributed by atoms with Crippen LogP contribution in [-0.2, 0) is 12.8 Å². The van der Waals surface area contributed by atoms with Crippen LogP contribution in [0.4, 0.5) is 11.4 Å². The third kappa shape index (κ3) is 4.48. The molecule has 0 aliphatic heterocycles. The quantitative estimate of drug-likeness (QED) is 0.194. The molecule has 2 rings (SSSR count). The second-order valence-corrected chi connectivity index (χ2v) is 7.66. The van der Waals surface area contributed by atoms with E-state index in [9.17, 15) is 19.2 Å². The second-order valence-electron chi connectivity index (χ2n) is 7.66. The van der Waals surface area contributed by atoms with Crippen molar-refractivity contribution in [2.75, 3.05) is 37.6 Å². The molecule has 0 amide bonds. The minimum Gasteiger partial charge on any atom is -0.398 e. The fraction of sp³-hybridized carbons (Fsp3) is 0.333. The standard InChI is InChI=1S/C24H32N6O4/c1-3-11-14(29)6-5-13(19(11)15(31)7-25)21-20(16(32)8-26)12(4-2)24(30)23(18(34)10-28)22(21)17(33)9-27/h5-6H,3-4,7-10,25-30H2,1-2H3. The molecule has 12 N–H and O–H groups in total. The molecule has 0 unspecified atom stereocenters. The highest BCUT2D eigenvalue weighted by Gasteiger charge is 2.33. The lowest BCUT2D eigenvalue weighted by atomic mass is 9.78. The Morgan fingerprint density at radius 1 is 0.618 bits per heavy atom. The molecule has 0 saturated carbocycles. The van der Waals surface area contributed by atoms with Gasteiger partial charge >= 0.3 is 0 Å². The Balaban J connectivity index is 3.37. The monoisotopic (exact) mass is 468 g/mol. The van der Waals surface area contributed by atoms with E-state index >= 15 is 0 Å². The summed E-state index contributed by atoms with van der Waals surface area (Å²) in [7, 11) is 0. The molecule has 0 radical (unpaired) electrons. The maximum absolute atomic E-state index is 13.2. The molecule has 0 aliphatic rings. The first-order valence-electron chi connectivity index (χ1n) is 11.0. The number of Topliss-reactive ketones (excluding diaryl/α,β-unsaturated/α-hetero) is 4. The summed E-state index contributed by atoms with van der Waals surface area (Å²) in [5.74, 6) is -2.21. The molecule has 182 valence electrons. The molecule has 0 saturated heterocycles. The van der Waals surface area contributed by atoms with Crippen LogP contribution in [0.2, 0.25) is 0 Å². The van der Waals surface area contributed by atoms with E-state index in [2.05, 4.69) is 0 Å². The number of hydrogen-bond donors (Lipinski definition) is 6. The normalized spacial score (nSPS) is 10.9. The van der Waals surface area contributed by atoms with Crippen LogP contribution in [0.25, 0.3) is 11.1 Å². The van der Waals surface area contributed by atoms with Crippen molar-refractivity contribution in [2.45, 2.75) is 26.7 Å². The van der Waals surface area contributed by atoms with E-state index in [0.29, 0.717) is 23.2 Å². The van der Waals surface area contributed by atoms with E-state index in [4.69, 9.17) is 34.4 Å². The Labute approximate surface area is 198 Å². The summed E-state index contributed by atoms with van der Waals surface area (Å²) in [4.78, 5) is 52.3. The first kappa shape index (κ1) is 26.8. The Morgan fingerprint density at radius 2 is 1.06 bits per heavy atom. The minimum absolute atomic E-state index is 0.0341. The van der Waals surface area contributed by atoms with Crippen LogP contribution < -0.4 is 34.4 Å². The van der Waals surface area contributed by atoms with Gasteiger partial charge in [-0.3, -0.25) is 19.2 Å². The molecule has 34 heavy (non-hydrogen) atoms. The van der Waals surface area contributed by atoms with Crippen molar-refractivity contribution in [1.29, 1.82) is 0 Å². The van der Waals surface area contributed by atoms with Gasteiger partial charge in [-0.25, -0.2) is 0 Å². The Hall–Kier alpha value is -3.44. The highest BCUT2D eigenvalue weighted by molar-refractivity contribution is 6.22. The van der Waals surface area contributed by atoms with Gasteiger partial charge in [0.2, 0.25) is 0 Å². The Morgan fingerprint density at radius 3 is 1.53 bits per heavy atom. The number of carbonyl (C=O) groups is 4. The zero-order valence-electron chi connectivity index (χ0n) is 19.5. The predicted octanol–water partition coefficient (Wildman–Crippen LogP) is 0.208. The van der Waals surface area contributed by atoms with Crippen LogP contribution in [0.15, 0.2) is 12.1 Å². The summed E-state index contributed by atoms with van der Waals surface area (Å²) >= 11 is 0. The highest BCUT2D eigenvalue weighted by Crippen LogP contribution is 2.41. The maximum Gasteiger partial charge on any atom is 0.179 e. The van der Waals surface area contributed by atoms with Gasteiger partial charge in [0.15, 0.2) is 23.1 Å². The molecular weight excluding hydrogens is 436 g/mol. The third-order valence-corrected chi connectivity index (χ3v) is 5.83. The average molecular weight is 469 g/mol. The number of hydrogen-bond acceptors (Lipinski definition) is 10. The average Bonchev–Trinajstić information content (AvgIpc) is 2.85. The van der Waals surface area contributed by atoms with Crippen LogP contribution in [0.1, 0.15) is 66.4 Å². The number of rotatable bonds is 11. The largest absolute Gasteiger partial charge is 0.398 e. The molecule has 0 spiro atoms. The summed E-state index contributed by atoms with van der Waals surface area (Å²) in [6, 6.07) is 3.10. The van der Waals surface area contributed by atoms with Gasteiger partial charge in [0, 0.05) is 33.6 Å². The summed E-state index contributed by atoms with van der Waals surface area (Å²) in [5, 5.41) is 0. The molecule has 0 bridgehead atoms. The van der Waals surface area contributed by atoms with Crippen molar-refractivity contribution in [3.8, 4) is 11.1 Å². The van der Waals surface area contributed by atoms with E-state index in [-0.39, 0.29) is 52.0 Å². The molecule has 2 aromatic rings. The molecule has 0 atom stereocenters. The Bertz CT molecular complexity index is 1170. The minimum atomic E-state index is -0.645. The first-order valence-corrected chi connectivity index (χ1v) is 11.0. The molecular formula is C24H32N6O4. The molecule has 0 aromatic heterocycles. The summed E-state index contributed by atoms with van der Waals surface area (Å²) in [5.41, 5.74) is 36.6. The van der Waals surface area contributed by atoms with Crippen LogP contribution >= 0.6 is 0 Å². The van der Waals surface area contributed by atoms with E-state index in [1.165, 1.54) is 6.07 Å². The van der Waals surface area contributed by atoms with Crippen molar-refractivity contribution in [1.82, 2.24) is 0 Å². The predicted molar refractivity (Wildman–Crippen MR) is 133 cm³/mol. The lowest BCUT2D eigenvalue weighted by molar-refractivity contribution is 0.0968. The zero-order chi connectivity index (χ0) is 25.7. The van der Waals surface area contributed by atoms with Crippen molar-refractivity contribution in [3.05, 3.63) is 45.5 Å². The lowest BCUT2D eigenvalue weighted by Gasteiger charge is -2.25. The van der Waals surface area contributed by atoms with Crippen LogP contribution in [-0.4, -0.2) is 49.3 Å². The second kappa shape index (κ2) is 11.1. The number of carbonyl (C=O) groups excluding carboxylic acids is 4. The molecule has 2 aromatic carbocycles. The molecule has 10 heteroatoms. The van der Waals surface area contributed by atoms with E-state index in [1.807, 2.05) is 6.92 Å². The topological polar surface area (TPSA) is 224 Å². The van der Waals surface area contributed by atoms with Gasteiger partial charge in [-0.2, -0.15) is 0 Å². The summed E-state index contributed by atoms with van der Waals surface area (Å²) in [6.45, 7) is 1.91. The molecule has 10 nitrogen and oxygen atoms in total. The van der Waals surface area contributed by atoms with Gasteiger partial charge in [0.1, 0.15) is 0 Å². The zero-order valence-corrected chi connectivity index (χ0v) is 19.5. The number of anilines is 2. The van der Waals surface area contributed by atoms with Crippen LogP contribution in [0, 0.1) is 0 Å². The van der Waals surface area contributed by atoms with Crippen molar-refractivity contribution in [3.63, 3.8) is 0 Å². The molecule has 0 fully saturated rings. The molecule has 0 heterocycles. The number of ketones is 4. The number of nitrogen functional groups attached to an aromatic ring is 2. The van der Waals surface area contributed by atoms with Crippen LogP contribution in [0.3, 0.4) is 0 Å². The van der Waals surface area contributed by atoms with Gasteiger partial charge < -0.3 is 34.4 Å². The van der Waals surface area contributed by atoms with E-state index in [1.54, 1.807) is 13.0 Å². The van der Waals surface area contributed by atoms with Gasteiger partial charge in [0.05, 0.1) is 31.7 Å². The third-order valence-electron chi connectivity index (χ3n) is 5.83. The fourth-order valence-corrected chi connectivity index (χ4v) is 4.31. The fourth-order valence-electron chi connectivity index (χ4n) is 4.31. The SMILES string of the molecule is CCc1c(N)ccc(-c2c(C(=O)CN)c(CC)c(N)c(C(=O)CN)c2C(=O)CN)c1C(=O)CN. The van der Waals surface area contributed by atoms with Gasteiger partial charge in [-0.05, 0) is 35.6 Å². The highest BCUT2D eigenvalue weighted by atomic mass is 16.1.